The van der Waals surface area contributed by atoms with Crippen molar-refractivity contribution >= 4 is 29.5 Å². The van der Waals surface area contributed by atoms with E-state index in [2.05, 4.69) is 16.6 Å². The lowest BCUT2D eigenvalue weighted by atomic mass is 9.97. The Morgan fingerprint density at radius 1 is 1.08 bits per heavy atom. The van der Waals surface area contributed by atoms with Crippen LogP contribution in [0.5, 0.6) is 5.75 Å². The van der Waals surface area contributed by atoms with Crippen LogP contribution in [0.4, 0.5) is 10.5 Å². The molecule has 0 saturated carbocycles. The van der Waals surface area contributed by atoms with Gasteiger partial charge < -0.3 is 30.7 Å². The number of methoxy groups -OCH3 is 1. The van der Waals surface area contributed by atoms with Gasteiger partial charge in [0.2, 0.25) is 11.8 Å². The number of rotatable bonds is 10. The van der Waals surface area contributed by atoms with E-state index in [0.29, 0.717) is 22.6 Å². The van der Waals surface area contributed by atoms with Crippen LogP contribution < -0.4 is 21.1 Å². The molecule has 4 amide bonds. The molecular formula is C28H34N4O6. The second-order valence-corrected chi connectivity index (χ2v) is 9.50. The Morgan fingerprint density at radius 3 is 2.26 bits per heavy atom. The first-order valence-corrected chi connectivity index (χ1v) is 11.9. The summed E-state index contributed by atoms with van der Waals surface area (Å²) < 4.78 is 10.4. The van der Waals surface area contributed by atoms with Crippen molar-refractivity contribution in [1.29, 1.82) is 0 Å². The fourth-order valence-electron chi connectivity index (χ4n) is 3.64. The van der Waals surface area contributed by atoms with Crippen LogP contribution in [0.2, 0.25) is 0 Å². The molecule has 0 fully saturated rings. The Bertz CT molecular complexity index is 1200. The van der Waals surface area contributed by atoms with Crippen molar-refractivity contribution < 1.29 is 28.7 Å². The van der Waals surface area contributed by atoms with Crippen molar-refractivity contribution in [3.8, 4) is 18.1 Å². The smallest absolute Gasteiger partial charge is 0.408 e. The minimum atomic E-state index is -1.20. The number of benzene rings is 2. The number of hydrogen-bond acceptors (Lipinski definition) is 6. The largest absolute Gasteiger partial charge is 0.497 e. The standard InChI is InChI=1S/C28H34N4O6/c1-7-18-10-8-9-11-21(18)24(25(34)30-19-12-14-20(37-6)15-13-19)32(5)26(35)22(16-17-23(29)33)31-27(36)38-28(2,3)4/h1,8-15,22,24H,16-17H2,2-6H3,(H2,29,33)(H,30,34)(H,31,36). The van der Waals surface area contributed by atoms with Gasteiger partial charge in [-0.1, -0.05) is 24.1 Å². The Morgan fingerprint density at radius 2 is 1.71 bits per heavy atom. The van der Waals surface area contributed by atoms with Crippen molar-refractivity contribution in [1.82, 2.24) is 10.2 Å². The summed E-state index contributed by atoms with van der Waals surface area (Å²) in [6, 6.07) is 11.0. The van der Waals surface area contributed by atoms with Crippen LogP contribution in [0, 0.1) is 12.3 Å². The number of carbonyl (C=O) groups excluding carboxylic acids is 4. The van der Waals surface area contributed by atoms with E-state index in [1.54, 1.807) is 69.3 Å². The number of carbonyl (C=O) groups is 4. The van der Waals surface area contributed by atoms with Crippen molar-refractivity contribution in [2.24, 2.45) is 5.73 Å². The summed E-state index contributed by atoms with van der Waals surface area (Å²) in [6.07, 6.45) is 4.57. The van der Waals surface area contributed by atoms with Crippen LogP contribution in [0.3, 0.4) is 0 Å². The van der Waals surface area contributed by atoms with Gasteiger partial charge in [-0.3, -0.25) is 14.4 Å². The van der Waals surface area contributed by atoms with Gasteiger partial charge >= 0.3 is 6.09 Å². The van der Waals surface area contributed by atoms with E-state index in [4.69, 9.17) is 21.6 Å². The highest BCUT2D eigenvalue weighted by molar-refractivity contribution is 5.99. The summed E-state index contributed by atoms with van der Waals surface area (Å²) >= 11 is 0. The Balaban J connectivity index is 2.43. The SMILES string of the molecule is C#Cc1ccccc1C(C(=O)Nc1ccc(OC)cc1)N(C)C(=O)C(CCC(N)=O)NC(=O)OC(C)(C)C. The second-order valence-electron chi connectivity index (χ2n) is 9.50. The van der Waals surface area contributed by atoms with Gasteiger partial charge in [-0.15, -0.1) is 6.42 Å². The molecule has 2 aromatic rings. The number of amides is 4. The molecule has 2 unspecified atom stereocenters. The average Bonchev–Trinajstić information content (AvgIpc) is 2.85. The molecule has 4 N–H and O–H groups in total. The minimum Gasteiger partial charge on any atom is -0.497 e. The summed E-state index contributed by atoms with van der Waals surface area (Å²) in [6.45, 7) is 5.03. The normalized spacial score (nSPS) is 12.3. The monoisotopic (exact) mass is 522 g/mol. The summed E-state index contributed by atoms with van der Waals surface area (Å²) in [4.78, 5) is 52.4. The van der Waals surface area contributed by atoms with Gasteiger partial charge in [0.1, 0.15) is 23.4 Å². The first-order valence-electron chi connectivity index (χ1n) is 11.9. The number of anilines is 1. The summed E-state index contributed by atoms with van der Waals surface area (Å²) in [5.41, 5.74) is 5.76. The number of nitrogens with zero attached hydrogens (tertiary/aromatic N) is 1. The molecule has 0 aromatic heterocycles. The molecule has 38 heavy (non-hydrogen) atoms. The molecule has 2 aromatic carbocycles. The lowest BCUT2D eigenvalue weighted by Gasteiger charge is -2.32. The van der Waals surface area contributed by atoms with E-state index in [0.717, 1.165) is 0 Å². The molecule has 10 heteroatoms. The van der Waals surface area contributed by atoms with Gasteiger partial charge in [0.15, 0.2) is 0 Å². The fourth-order valence-corrected chi connectivity index (χ4v) is 3.64. The third-order valence-electron chi connectivity index (χ3n) is 5.42. The average molecular weight is 523 g/mol. The lowest BCUT2D eigenvalue weighted by Crippen LogP contribution is -2.51. The van der Waals surface area contributed by atoms with Gasteiger partial charge in [-0.05, 0) is 63.1 Å². The highest BCUT2D eigenvalue weighted by atomic mass is 16.6. The first-order chi connectivity index (χ1) is 17.9. The van der Waals surface area contributed by atoms with E-state index >= 15 is 0 Å². The third-order valence-corrected chi connectivity index (χ3v) is 5.42. The summed E-state index contributed by atoms with van der Waals surface area (Å²) in [7, 11) is 2.95. The number of ether oxygens (including phenoxy) is 2. The molecule has 0 aliphatic carbocycles. The molecule has 2 rings (SSSR count). The zero-order valence-electron chi connectivity index (χ0n) is 22.2. The van der Waals surface area contributed by atoms with Crippen molar-refractivity contribution in [2.75, 3.05) is 19.5 Å². The quantitative estimate of drug-likeness (QED) is 0.410. The number of primary amides is 1. The molecular weight excluding hydrogens is 488 g/mol. The lowest BCUT2D eigenvalue weighted by molar-refractivity contribution is -0.139. The number of nitrogens with one attached hydrogen (secondary N) is 2. The maximum atomic E-state index is 13.7. The molecule has 202 valence electrons. The van der Waals surface area contributed by atoms with Crippen LogP contribution in [-0.2, 0) is 19.1 Å². The van der Waals surface area contributed by atoms with Crippen LogP contribution in [0.1, 0.15) is 50.8 Å². The predicted octanol–water partition coefficient (Wildman–Crippen LogP) is 2.97. The summed E-state index contributed by atoms with van der Waals surface area (Å²) in [5.74, 6) is 1.32. The number of likely N-dealkylation sites (N-methyl/N-ethyl adjacent to an activating group) is 1. The molecule has 10 nitrogen and oxygen atoms in total. The van der Waals surface area contributed by atoms with Crippen LogP contribution in [0.15, 0.2) is 48.5 Å². The van der Waals surface area contributed by atoms with E-state index < -0.39 is 41.5 Å². The van der Waals surface area contributed by atoms with Crippen LogP contribution in [0.25, 0.3) is 0 Å². The Kier molecular flexibility index (Phi) is 10.3. The van der Waals surface area contributed by atoms with Crippen molar-refractivity contribution in [3.05, 3.63) is 59.7 Å². The fraction of sp³-hybridized carbons (Fsp3) is 0.357. The minimum absolute atomic E-state index is 0.0959. The molecule has 0 spiro atoms. The van der Waals surface area contributed by atoms with E-state index in [1.807, 2.05) is 0 Å². The molecule has 0 aliphatic rings. The van der Waals surface area contributed by atoms with Gasteiger partial charge in [0, 0.05) is 24.7 Å². The van der Waals surface area contributed by atoms with Gasteiger partial charge in [0.05, 0.1) is 7.11 Å². The molecule has 0 heterocycles. The maximum Gasteiger partial charge on any atom is 0.408 e. The molecule has 0 radical (unpaired) electrons. The van der Waals surface area contributed by atoms with Crippen LogP contribution in [-0.4, -0.2) is 54.5 Å². The molecule has 0 bridgehead atoms. The van der Waals surface area contributed by atoms with E-state index in [1.165, 1.54) is 19.1 Å². The molecule has 0 saturated heterocycles. The predicted molar refractivity (Wildman–Crippen MR) is 143 cm³/mol. The number of nitrogens with two attached hydrogens (primary N) is 1. The zero-order valence-corrected chi connectivity index (χ0v) is 22.2. The van der Waals surface area contributed by atoms with Gasteiger partial charge in [-0.25, -0.2) is 4.79 Å². The summed E-state index contributed by atoms with van der Waals surface area (Å²) in [5, 5.41) is 5.30. The number of hydrogen-bond donors (Lipinski definition) is 3. The zero-order chi connectivity index (χ0) is 28.5. The number of terminal acetylenes is 1. The first kappa shape index (κ1) is 29.7. The Hall–Kier alpha value is -4.52. The van der Waals surface area contributed by atoms with Gasteiger partial charge in [-0.2, -0.15) is 0 Å². The van der Waals surface area contributed by atoms with Crippen molar-refractivity contribution in [3.63, 3.8) is 0 Å². The topological polar surface area (TPSA) is 140 Å². The van der Waals surface area contributed by atoms with E-state index in [9.17, 15) is 19.2 Å². The Labute approximate surface area is 222 Å². The molecule has 2 atom stereocenters. The highest BCUT2D eigenvalue weighted by Crippen LogP contribution is 2.27. The second kappa shape index (κ2) is 13.1. The maximum absolute atomic E-state index is 13.7. The van der Waals surface area contributed by atoms with Gasteiger partial charge in [0.25, 0.3) is 5.91 Å². The number of alkyl carbamates (subject to hydrolysis) is 1. The van der Waals surface area contributed by atoms with Crippen LogP contribution >= 0.6 is 0 Å². The van der Waals surface area contributed by atoms with E-state index in [-0.39, 0.29) is 12.8 Å². The molecule has 0 aliphatic heterocycles. The van der Waals surface area contributed by atoms with Crippen molar-refractivity contribution in [2.45, 2.75) is 51.3 Å². The third kappa shape index (κ3) is 8.55. The highest BCUT2D eigenvalue weighted by Gasteiger charge is 2.35.